The van der Waals surface area contributed by atoms with Gasteiger partial charge in [-0.2, -0.15) is 0 Å². The van der Waals surface area contributed by atoms with Crippen LogP contribution < -0.4 is 5.32 Å². The summed E-state index contributed by atoms with van der Waals surface area (Å²) in [7, 11) is 1.53. The molecule has 2 rings (SSSR count). The highest BCUT2D eigenvalue weighted by atomic mass is 16.3. The molecule has 1 aliphatic heterocycles. The van der Waals surface area contributed by atoms with Crippen molar-refractivity contribution in [1.29, 1.82) is 0 Å². The number of likely N-dealkylation sites (tertiary alicyclic amines) is 1. The van der Waals surface area contributed by atoms with Gasteiger partial charge in [-0.25, -0.2) is 4.68 Å². The smallest absolute Gasteiger partial charge is 0.248 e. The average molecular weight is 323 g/mol. The lowest BCUT2D eigenvalue weighted by atomic mass is 10.0. The number of amides is 2. The maximum absolute atomic E-state index is 13.1. The lowest BCUT2D eigenvalue weighted by Gasteiger charge is -2.30. The Morgan fingerprint density at radius 2 is 2.00 bits per heavy atom. The van der Waals surface area contributed by atoms with Crippen LogP contribution in [0.25, 0.3) is 0 Å². The maximum atomic E-state index is 13.1. The Balaban J connectivity index is 2.34. The Kier molecular flexibility index (Phi) is 5.03. The van der Waals surface area contributed by atoms with Crippen LogP contribution >= 0.6 is 0 Å². The van der Waals surface area contributed by atoms with Crippen LogP contribution in [0.4, 0.5) is 0 Å². The van der Waals surface area contributed by atoms with E-state index in [0.29, 0.717) is 0 Å². The number of β-amino-alcohol motifs (C(OH)–C–C–N with tert-alkyl or cyclic N) is 1. The molecule has 128 valence electrons. The predicted molar refractivity (Wildman–Crippen MR) is 83.6 cm³/mol. The second kappa shape index (κ2) is 6.66. The quantitative estimate of drug-likeness (QED) is 0.799. The molecule has 2 heterocycles. The molecule has 8 nitrogen and oxygen atoms in total. The minimum atomic E-state index is -0.687. The number of rotatable bonds is 4. The standard InChI is InChI=1S/C15H25N5O3/c1-8(2)13(20-10(4)9(3)17-18-20)15(23)19-7-11(21)6-12(19)14(22)16-5/h8,11-13,21H,6-7H2,1-5H3,(H,16,22). The predicted octanol–water partition coefficient (Wildman–Crippen LogP) is -0.200. The lowest BCUT2D eigenvalue weighted by Crippen LogP contribution is -2.48. The first-order chi connectivity index (χ1) is 10.8. The van der Waals surface area contributed by atoms with E-state index in [1.807, 2.05) is 27.7 Å². The van der Waals surface area contributed by atoms with Gasteiger partial charge in [0.05, 0.1) is 17.5 Å². The van der Waals surface area contributed by atoms with Gasteiger partial charge in [-0.3, -0.25) is 9.59 Å². The van der Waals surface area contributed by atoms with E-state index >= 15 is 0 Å². The first-order valence-corrected chi connectivity index (χ1v) is 7.86. The van der Waals surface area contributed by atoms with Crippen LogP contribution in [0.3, 0.4) is 0 Å². The molecule has 3 atom stereocenters. The Labute approximate surface area is 135 Å². The fourth-order valence-electron chi connectivity index (χ4n) is 3.00. The summed E-state index contributed by atoms with van der Waals surface area (Å²) < 4.78 is 1.62. The van der Waals surface area contributed by atoms with Crippen LogP contribution in [0, 0.1) is 19.8 Å². The lowest BCUT2D eigenvalue weighted by molar-refractivity contribution is -0.142. The molecule has 0 aliphatic carbocycles. The van der Waals surface area contributed by atoms with Crippen molar-refractivity contribution in [2.24, 2.45) is 5.92 Å². The van der Waals surface area contributed by atoms with E-state index in [0.717, 1.165) is 11.4 Å². The third-order valence-electron chi connectivity index (χ3n) is 4.42. The highest BCUT2D eigenvalue weighted by molar-refractivity contribution is 5.89. The molecule has 2 N–H and O–H groups in total. The number of aliphatic hydroxyl groups is 1. The zero-order valence-corrected chi connectivity index (χ0v) is 14.3. The number of carbonyl (C=O) groups is 2. The van der Waals surface area contributed by atoms with Gasteiger partial charge in [-0.1, -0.05) is 19.1 Å². The number of aliphatic hydroxyl groups excluding tert-OH is 1. The summed E-state index contributed by atoms with van der Waals surface area (Å²) in [5, 5.41) is 20.6. The molecule has 1 saturated heterocycles. The minimum Gasteiger partial charge on any atom is -0.391 e. The molecule has 3 unspecified atom stereocenters. The molecule has 8 heteroatoms. The first-order valence-electron chi connectivity index (χ1n) is 7.86. The van der Waals surface area contributed by atoms with E-state index in [2.05, 4.69) is 15.6 Å². The highest BCUT2D eigenvalue weighted by Crippen LogP contribution is 2.27. The summed E-state index contributed by atoms with van der Waals surface area (Å²) in [6.45, 7) is 7.73. The van der Waals surface area contributed by atoms with Crippen molar-refractivity contribution in [1.82, 2.24) is 25.2 Å². The van der Waals surface area contributed by atoms with E-state index in [1.54, 1.807) is 4.68 Å². The number of aryl methyl sites for hydroxylation is 1. The van der Waals surface area contributed by atoms with Gasteiger partial charge in [0.2, 0.25) is 11.8 Å². The zero-order chi connectivity index (χ0) is 17.3. The summed E-state index contributed by atoms with van der Waals surface area (Å²) >= 11 is 0. The maximum Gasteiger partial charge on any atom is 0.248 e. The number of nitrogens with one attached hydrogen (secondary N) is 1. The molecule has 1 aliphatic rings. The fourth-order valence-corrected chi connectivity index (χ4v) is 3.00. The van der Waals surface area contributed by atoms with Crippen LogP contribution in [0.2, 0.25) is 0 Å². The van der Waals surface area contributed by atoms with Gasteiger partial charge in [0, 0.05) is 20.0 Å². The molecule has 0 saturated carbocycles. The molecule has 2 amide bonds. The number of likely N-dealkylation sites (N-methyl/N-ethyl adjacent to an activating group) is 1. The van der Waals surface area contributed by atoms with Crippen LogP contribution in [-0.2, 0) is 9.59 Å². The van der Waals surface area contributed by atoms with Crippen molar-refractivity contribution >= 4 is 11.8 Å². The summed E-state index contributed by atoms with van der Waals surface area (Å²) in [5.41, 5.74) is 1.60. The second-order valence-electron chi connectivity index (χ2n) is 6.40. The van der Waals surface area contributed by atoms with Crippen LogP contribution in [0.15, 0.2) is 0 Å². The summed E-state index contributed by atoms with van der Waals surface area (Å²) in [4.78, 5) is 26.6. The first kappa shape index (κ1) is 17.4. The van der Waals surface area contributed by atoms with Crippen LogP contribution in [0.1, 0.15) is 37.7 Å². The van der Waals surface area contributed by atoms with Gasteiger partial charge in [-0.05, 0) is 19.8 Å². The average Bonchev–Trinajstić information content (AvgIpc) is 3.03. The number of carbonyl (C=O) groups excluding carboxylic acids is 2. The van der Waals surface area contributed by atoms with Gasteiger partial charge in [0.1, 0.15) is 12.1 Å². The molecular formula is C15H25N5O3. The Morgan fingerprint density at radius 3 is 2.48 bits per heavy atom. The van der Waals surface area contributed by atoms with Gasteiger partial charge in [-0.15, -0.1) is 5.10 Å². The van der Waals surface area contributed by atoms with Crippen molar-refractivity contribution in [2.45, 2.75) is 52.3 Å². The Morgan fingerprint density at radius 1 is 1.35 bits per heavy atom. The molecule has 0 radical (unpaired) electrons. The van der Waals surface area contributed by atoms with Gasteiger partial charge in [0.15, 0.2) is 0 Å². The van der Waals surface area contributed by atoms with Crippen molar-refractivity contribution < 1.29 is 14.7 Å². The van der Waals surface area contributed by atoms with Crippen molar-refractivity contribution in [3.05, 3.63) is 11.4 Å². The summed E-state index contributed by atoms with van der Waals surface area (Å²) in [6.07, 6.45) is -0.432. The largest absolute Gasteiger partial charge is 0.391 e. The molecule has 0 spiro atoms. The number of hydrogen-bond acceptors (Lipinski definition) is 5. The van der Waals surface area contributed by atoms with Crippen molar-refractivity contribution in [3.8, 4) is 0 Å². The second-order valence-corrected chi connectivity index (χ2v) is 6.40. The molecule has 0 bridgehead atoms. The normalized spacial score (nSPS) is 22.5. The van der Waals surface area contributed by atoms with Gasteiger partial charge in [0.25, 0.3) is 0 Å². The number of nitrogens with zero attached hydrogens (tertiary/aromatic N) is 4. The summed E-state index contributed by atoms with van der Waals surface area (Å²) in [6, 6.07) is -1.19. The Hall–Kier alpha value is -1.96. The SMILES string of the molecule is CNC(=O)C1CC(O)CN1C(=O)C(C(C)C)n1nnc(C)c1C. The van der Waals surface area contributed by atoms with Gasteiger partial charge >= 0.3 is 0 Å². The third-order valence-corrected chi connectivity index (χ3v) is 4.42. The van der Waals surface area contributed by atoms with Crippen molar-refractivity contribution in [3.63, 3.8) is 0 Å². The van der Waals surface area contributed by atoms with E-state index in [1.165, 1.54) is 11.9 Å². The number of hydrogen-bond donors (Lipinski definition) is 2. The van der Waals surface area contributed by atoms with Gasteiger partial charge < -0.3 is 15.3 Å². The third kappa shape index (κ3) is 3.21. The molecule has 1 aromatic rings. The minimum absolute atomic E-state index is 0.0228. The van der Waals surface area contributed by atoms with E-state index < -0.39 is 18.2 Å². The van der Waals surface area contributed by atoms with Crippen LogP contribution in [-0.4, -0.2) is 62.6 Å². The van der Waals surface area contributed by atoms with E-state index in [9.17, 15) is 14.7 Å². The molecule has 23 heavy (non-hydrogen) atoms. The fraction of sp³-hybridized carbons (Fsp3) is 0.733. The molecule has 1 aromatic heterocycles. The molecular weight excluding hydrogens is 298 g/mol. The monoisotopic (exact) mass is 323 g/mol. The van der Waals surface area contributed by atoms with Crippen LogP contribution in [0.5, 0.6) is 0 Å². The Bertz CT molecular complexity index is 598. The topological polar surface area (TPSA) is 100 Å². The summed E-state index contributed by atoms with van der Waals surface area (Å²) in [5.74, 6) is -0.493. The van der Waals surface area contributed by atoms with E-state index in [4.69, 9.17) is 0 Å². The number of aromatic nitrogens is 3. The molecule has 1 fully saturated rings. The highest BCUT2D eigenvalue weighted by Gasteiger charge is 2.42. The molecule has 0 aromatic carbocycles. The van der Waals surface area contributed by atoms with Crippen molar-refractivity contribution in [2.75, 3.05) is 13.6 Å². The van der Waals surface area contributed by atoms with E-state index in [-0.39, 0.29) is 30.7 Å². The zero-order valence-electron chi connectivity index (χ0n) is 14.3.